The monoisotopic (exact) mass is 225 g/mol. The highest BCUT2D eigenvalue weighted by Crippen LogP contribution is 2.41. The van der Waals surface area contributed by atoms with E-state index >= 15 is 0 Å². The zero-order valence-corrected chi connectivity index (χ0v) is 8.90. The average molecular weight is 225 g/mol. The molecule has 3 rings (SSSR count). The van der Waals surface area contributed by atoms with Gasteiger partial charge in [-0.3, -0.25) is 0 Å². The molecule has 16 heavy (non-hydrogen) atoms. The third-order valence-electron chi connectivity index (χ3n) is 3.70. The van der Waals surface area contributed by atoms with Crippen LogP contribution in [0.1, 0.15) is 25.7 Å². The summed E-state index contributed by atoms with van der Waals surface area (Å²) in [6.07, 6.45) is 4.25. The first-order chi connectivity index (χ1) is 7.53. The lowest BCUT2D eigenvalue weighted by atomic mass is 9.68. The Morgan fingerprint density at radius 2 is 1.88 bits per heavy atom. The summed E-state index contributed by atoms with van der Waals surface area (Å²) in [5, 5.41) is 21.0. The number of rotatable bonds is 3. The smallest absolute Gasteiger partial charge is 0.333 e. The van der Waals surface area contributed by atoms with Crippen molar-refractivity contribution in [3.63, 3.8) is 0 Å². The molecule has 2 heterocycles. The fraction of sp³-hybridized carbons (Fsp3) is 0.636. The van der Waals surface area contributed by atoms with E-state index in [2.05, 4.69) is 5.32 Å². The molecular weight excluding hydrogens is 210 g/mol. The summed E-state index contributed by atoms with van der Waals surface area (Å²) in [5.74, 6) is -1.70. The van der Waals surface area contributed by atoms with Crippen LogP contribution in [0.25, 0.3) is 0 Å². The molecule has 3 N–H and O–H groups in total. The van der Waals surface area contributed by atoms with Gasteiger partial charge >= 0.3 is 11.9 Å². The number of piperidine rings is 2. The van der Waals surface area contributed by atoms with Gasteiger partial charge in [-0.25, -0.2) is 9.59 Å². The molecule has 2 saturated heterocycles. The number of carboxylic acids is 2. The highest BCUT2D eigenvalue weighted by Gasteiger charge is 2.45. The van der Waals surface area contributed by atoms with E-state index < -0.39 is 17.5 Å². The van der Waals surface area contributed by atoms with E-state index in [1.165, 1.54) is 0 Å². The number of fused-ring (bicyclic) bond motifs is 3. The molecule has 2 bridgehead atoms. The summed E-state index contributed by atoms with van der Waals surface area (Å²) in [6.45, 7) is 0.796. The Bertz CT molecular complexity index is 339. The number of carbonyl (C=O) groups is 2. The standard InChI is InChI=1S/C11H15NO4/c13-9(14)5-8(10(15)16)11-3-1-7(2-4-11)6-12-11/h5,7,12H,1-4,6H2,(H,13,14)(H,15,16)/b8-5-. The summed E-state index contributed by atoms with van der Waals surface area (Å²) < 4.78 is 0. The number of nitrogens with one attached hydrogen (secondary N) is 1. The van der Waals surface area contributed by atoms with Gasteiger partial charge in [-0.15, -0.1) is 0 Å². The van der Waals surface area contributed by atoms with E-state index in [0.717, 1.165) is 38.3 Å². The molecule has 3 fully saturated rings. The van der Waals surface area contributed by atoms with E-state index in [4.69, 9.17) is 10.2 Å². The Kier molecular flexibility index (Phi) is 2.71. The first-order valence-electron chi connectivity index (χ1n) is 5.47. The largest absolute Gasteiger partial charge is 0.478 e. The molecular formula is C11H15NO4. The maximum atomic E-state index is 11.1. The van der Waals surface area contributed by atoms with E-state index in [9.17, 15) is 9.59 Å². The topological polar surface area (TPSA) is 86.6 Å². The number of hydrogen-bond acceptors (Lipinski definition) is 3. The predicted octanol–water partition coefficient (Wildman–Crippen LogP) is 0.614. The molecule has 0 aromatic carbocycles. The lowest BCUT2D eigenvalue weighted by Gasteiger charge is -2.47. The normalized spacial score (nSPS) is 33.8. The van der Waals surface area contributed by atoms with Crippen molar-refractivity contribution < 1.29 is 19.8 Å². The maximum Gasteiger partial charge on any atom is 0.333 e. The Morgan fingerprint density at radius 3 is 2.25 bits per heavy atom. The van der Waals surface area contributed by atoms with Crippen LogP contribution in [0.2, 0.25) is 0 Å². The van der Waals surface area contributed by atoms with Gasteiger partial charge in [0.15, 0.2) is 0 Å². The third-order valence-corrected chi connectivity index (χ3v) is 3.70. The van der Waals surface area contributed by atoms with Crippen molar-refractivity contribution in [2.45, 2.75) is 31.2 Å². The van der Waals surface area contributed by atoms with E-state index in [-0.39, 0.29) is 5.57 Å². The number of hydrogen-bond donors (Lipinski definition) is 3. The van der Waals surface area contributed by atoms with Crippen LogP contribution in [-0.2, 0) is 9.59 Å². The molecule has 88 valence electrons. The van der Waals surface area contributed by atoms with Gasteiger partial charge in [0.2, 0.25) is 0 Å². The minimum Gasteiger partial charge on any atom is -0.478 e. The van der Waals surface area contributed by atoms with Crippen LogP contribution in [0.15, 0.2) is 11.6 Å². The Balaban J connectivity index is 2.31. The second kappa shape index (κ2) is 3.90. The Morgan fingerprint density at radius 1 is 1.25 bits per heavy atom. The first-order valence-corrected chi connectivity index (χ1v) is 5.47. The van der Waals surface area contributed by atoms with Gasteiger partial charge in [0.25, 0.3) is 0 Å². The van der Waals surface area contributed by atoms with Gasteiger partial charge in [0.05, 0.1) is 11.1 Å². The second-order valence-corrected chi connectivity index (χ2v) is 4.61. The predicted molar refractivity (Wildman–Crippen MR) is 56.0 cm³/mol. The molecule has 0 radical (unpaired) electrons. The van der Waals surface area contributed by atoms with Crippen molar-refractivity contribution in [2.24, 2.45) is 5.92 Å². The minimum absolute atomic E-state index is 0.00171. The summed E-state index contributed by atoms with van der Waals surface area (Å²) in [5.41, 5.74) is -0.614. The maximum absolute atomic E-state index is 11.1. The van der Waals surface area contributed by atoms with Crippen molar-refractivity contribution in [1.29, 1.82) is 0 Å². The van der Waals surface area contributed by atoms with Crippen LogP contribution in [0.3, 0.4) is 0 Å². The fourth-order valence-corrected chi connectivity index (χ4v) is 2.78. The van der Waals surface area contributed by atoms with Crippen LogP contribution in [0, 0.1) is 5.92 Å². The van der Waals surface area contributed by atoms with Gasteiger partial charge in [0, 0.05) is 6.08 Å². The van der Waals surface area contributed by atoms with Crippen molar-refractivity contribution in [3.8, 4) is 0 Å². The summed E-state index contributed by atoms with van der Waals surface area (Å²) in [7, 11) is 0. The van der Waals surface area contributed by atoms with Crippen LogP contribution in [0.4, 0.5) is 0 Å². The molecule has 2 aliphatic heterocycles. The van der Waals surface area contributed by atoms with E-state index in [0.29, 0.717) is 5.92 Å². The molecule has 0 spiro atoms. The zero-order valence-electron chi connectivity index (χ0n) is 8.90. The van der Waals surface area contributed by atoms with Gasteiger partial charge in [-0.1, -0.05) is 0 Å². The Hall–Kier alpha value is -1.36. The summed E-state index contributed by atoms with van der Waals surface area (Å²) in [6, 6.07) is 0. The molecule has 0 aromatic rings. The fourth-order valence-electron chi connectivity index (χ4n) is 2.78. The van der Waals surface area contributed by atoms with E-state index in [1.807, 2.05) is 0 Å². The van der Waals surface area contributed by atoms with Crippen molar-refractivity contribution in [3.05, 3.63) is 11.6 Å². The first kappa shape index (κ1) is 11.1. The highest BCUT2D eigenvalue weighted by atomic mass is 16.4. The molecule has 3 aliphatic rings. The molecule has 0 aromatic heterocycles. The van der Waals surface area contributed by atoms with Gasteiger partial charge < -0.3 is 15.5 Å². The van der Waals surface area contributed by atoms with Gasteiger partial charge in [-0.2, -0.15) is 0 Å². The average Bonchev–Trinajstić information content (AvgIpc) is 2.28. The van der Waals surface area contributed by atoms with Gasteiger partial charge in [0.1, 0.15) is 0 Å². The van der Waals surface area contributed by atoms with Crippen molar-refractivity contribution >= 4 is 11.9 Å². The zero-order chi connectivity index (χ0) is 11.8. The molecule has 0 amide bonds. The van der Waals surface area contributed by atoms with E-state index in [1.54, 1.807) is 0 Å². The summed E-state index contributed by atoms with van der Waals surface area (Å²) in [4.78, 5) is 21.8. The molecule has 5 heteroatoms. The highest BCUT2D eigenvalue weighted by molar-refractivity contribution is 5.96. The molecule has 1 aliphatic carbocycles. The Labute approximate surface area is 93.1 Å². The number of aliphatic carboxylic acids is 2. The molecule has 0 unspecified atom stereocenters. The minimum atomic E-state index is -1.19. The van der Waals surface area contributed by atoms with Crippen molar-refractivity contribution in [2.75, 3.05) is 6.54 Å². The summed E-state index contributed by atoms with van der Waals surface area (Å²) >= 11 is 0. The van der Waals surface area contributed by atoms with Crippen LogP contribution in [-0.4, -0.2) is 34.2 Å². The second-order valence-electron chi connectivity index (χ2n) is 4.61. The molecule has 0 atom stereocenters. The van der Waals surface area contributed by atoms with Crippen LogP contribution < -0.4 is 5.32 Å². The lowest BCUT2D eigenvalue weighted by molar-refractivity contribution is -0.136. The van der Waals surface area contributed by atoms with Crippen LogP contribution >= 0.6 is 0 Å². The molecule has 5 nitrogen and oxygen atoms in total. The van der Waals surface area contributed by atoms with Gasteiger partial charge in [-0.05, 0) is 38.1 Å². The van der Waals surface area contributed by atoms with Crippen molar-refractivity contribution in [1.82, 2.24) is 5.32 Å². The number of carboxylic acid groups (broad SMARTS) is 2. The van der Waals surface area contributed by atoms with Crippen LogP contribution in [0.5, 0.6) is 0 Å². The lowest BCUT2D eigenvalue weighted by Crippen LogP contribution is -2.58. The SMILES string of the molecule is O=C(O)/C=C(/C(=O)O)C12CCC(CC1)CN2. The third kappa shape index (κ3) is 1.82. The quantitative estimate of drug-likeness (QED) is 0.613. The molecule has 1 saturated carbocycles.